The first-order valence-electron chi connectivity index (χ1n) is 13.6. The van der Waals surface area contributed by atoms with Crippen LogP contribution in [0.1, 0.15) is 29.3 Å². The molecule has 3 N–H and O–H groups in total. The Morgan fingerprint density at radius 2 is 1.64 bits per heavy atom. The van der Waals surface area contributed by atoms with Crippen molar-refractivity contribution in [3.63, 3.8) is 0 Å². The van der Waals surface area contributed by atoms with Crippen molar-refractivity contribution in [3.8, 4) is 11.5 Å². The fourth-order valence-electron chi connectivity index (χ4n) is 4.25. The number of carbonyl (C=O) groups is 3. The Bertz CT molecular complexity index is 1730. The maximum atomic E-state index is 13.5. The average molecular weight is 649 g/mol. The molecule has 1 atom stereocenters. The van der Waals surface area contributed by atoms with Gasteiger partial charge in [-0.1, -0.05) is 60.5 Å². The quantitative estimate of drug-likeness (QED) is 0.121. The molecule has 0 aromatic heterocycles. The Morgan fingerprint density at radius 3 is 2.41 bits per heavy atom. The number of hydrogen-bond donors (Lipinski definition) is 3. The van der Waals surface area contributed by atoms with Crippen LogP contribution >= 0.6 is 35.0 Å². The van der Waals surface area contributed by atoms with Crippen molar-refractivity contribution < 1.29 is 23.9 Å². The van der Waals surface area contributed by atoms with Crippen LogP contribution in [-0.4, -0.2) is 29.8 Å². The second-order valence-electron chi connectivity index (χ2n) is 9.60. The van der Waals surface area contributed by atoms with Crippen LogP contribution in [0.5, 0.6) is 11.5 Å². The molecule has 44 heavy (non-hydrogen) atoms. The first-order valence-corrected chi connectivity index (χ1v) is 15.2. The number of hydrogen-bond acceptors (Lipinski definition) is 6. The number of benzene rings is 4. The van der Waals surface area contributed by atoms with E-state index in [1.165, 1.54) is 17.8 Å². The van der Waals surface area contributed by atoms with Crippen LogP contribution in [0.15, 0.2) is 102 Å². The van der Waals surface area contributed by atoms with Crippen molar-refractivity contribution in [2.24, 2.45) is 0 Å². The zero-order chi connectivity index (χ0) is 31.1. The molecule has 1 aliphatic heterocycles. The zero-order valence-electron chi connectivity index (χ0n) is 23.4. The van der Waals surface area contributed by atoms with E-state index in [9.17, 15) is 14.4 Å². The Labute approximate surface area is 268 Å². The molecule has 224 valence electrons. The standard InChI is InChI=1S/C33H27Cl2N3O5S/c1-2-30(33(41)37-24-13-14-28-29(18-24)43-19-42-28)44-25-10-6-9-23(17-25)36-32(40)27(15-21-11-12-22(34)16-26(21)35)38-31(39)20-7-4-3-5-8-20/h3-18,30H,2,19H2,1H3,(H,36,40)(H,37,41)(H,38,39)/b27-15+. The Balaban J connectivity index is 1.31. The predicted octanol–water partition coefficient (Wildman–Crippen LogP) is 7.64. The van der Waals surface area contributed by atoms with E-state index in [0.717, 1.165) is 4.90 Å². The van der Waals surface area contributed by atoms with Gasteiger partial charge in [-0.25, -0.2) is 0 Å². The van der Waals surface area contributed by atoms with Crippen molar-refractivity contribution in [3.05, 3.63) is 118 Å². The number of carbonyl (C=O) groups excluding carboxylic acids is 3. The van der Waals surface area contributed by atoms with Crippen molar-refractivity contribution in [2.45, 2.75) is 23.5 Å². The molecule has 0 spiro atoms. The molecule has 0 bridgehead atoms. The molecular weight excluding hydrogens is 621 g/mol. The van der Waals surface area contributed by atoms with Crippen LogP contribution in [0.4, 0.5) is 11.4 Å². The lowest BCUT2D eigenvalue weighted by Gasteiger charge is -2.16. The Kier molecular flexibility index (Phi) is 10.1. The summed E-state index contributed by atoms with van der Waals surface area (Å²) in [5.74, 6) is 0.0333. The minimum absolute atomic E-state index is 0.0179. The third-order valence-electron chi connectivity index (χ3n) is 6.46. The van der Waals surface area contributed by atoms with Gasteiger partial charge in [0, 0.05) is 37.9 Å². The molecule has 0 saturated carbocycles. The number of thioether (sulfide) groups is 1. The lowest BCUT2D eigenvalue weighted by molar-refractivity contribution is -0.116. The molecule has 1 unspecified atom stereocenters. The largest absolute Gasteiger partial charge is 0.454 e. The highest BCUT2D eigenvalue weighted by Crippen LogP contribution is 2.35. The van der Waals surface area contributed by atoms with Gasteiger partial charge in [-0.05, 0) is 72.7 Å². The summed E-state index contributed by atoms with van der Waals surface area (Å²) < 4.78 is 10.7. The third kappa shape index (κ3) is 7.93. The SMILES string of the molecule is CCC(Sc1cccc(NC(=O)/C(=C\c2ccc(Cl)cc2Cl)NC(=O)c2ccccc2)c1)C(=O)Nc1ccc2c(c1)OCO2. The van der Waals surface area contributed by atoms with Gasteiger partial charge in [-0.2, -0.15) is 0 Å². The molecular formula is C33H27Cl2N3O5S. The van der Waals surface area contributed by atoms with Crippen LogP contribution in [-0.2, 0) is 9.59 Å². The smallest absolute Gasteiger partial charge is 0.272 e. The summed E-state index contributed by atoms with van der Waals surface area (Å²) in [5.41, 5.74) is 1.95. The number of rotatable bonds is 10. The van der Waals surface area contributed by atoms with Crippen molar-refractivity contribution in [2.75, 3.05) is 17.4 Å². The summed E-state index contributed by atoms with van der Waals surface area (Å²) in [7, 11) is 0. The van der Waals surface area contributed by atoms with Gasteiger partial charge >= 0.3 is 0 Å². The minimum Gasteiger partial charge on any atom is -0.454 e. The van der Waals surface area contributed by atoms with Gasteiger partial charge in [0.2, 0.25) is 12.7 Å². The number of nitrogens with one attached hydrogen (secondary N) is 3. The van der Waals surface area contributed by atoms with E-state index in [1.54, 1.807) is 84.9 Å². The molecule has 0 saturated heterocycles. The van der Waals surface area contributed by atoms with Gasteiger partial charge in [0.1, 0.15) is 5.70 Å². The molecule has 3 amide bonds. The third-order valence-corrected chi connectivity index (χ3v) is 8.39. The first kappa shape index (κ1) is 31.0. The van der Waals surface area contributed by atoms with Crippen LogP contribution in [0.3, 0.4) is 0 Å². The van der Waals surface area contributed by atoms with Gasteiger partial charge in [0.05, 0.1) is 5.25 Å². The fourth-order valence-corrected chi connectivity index (χ4v) is 5.72. The molecule has 0 radical (unpaired) electrons. The summed E-state index contributed by atoms with van der Waals surface area (Å²) >= 11 is 13.8. The van der Waals surface area contributed by atoms with E-state index in [1.807, 2.05) is 13.0 Å². The van der Waals surface area contributed by atoms with E-state index in [-0.39, 0.29) is 18.4 Å². The van der Waals surface area contributed by atoms with Gasteiger partial charge in [0.15, 0.2) is 11.5 Å². The fraction of sp³-hybridized carbons (Fsp3) is 0.121. The summed E-state index contributed by atoms with van der Waals surface area (Å²) in [6.45, 7) is 2.08. The van der Waals surface area contributed by atoms with E-state index < -0.39 is 17.1 Å². The van der Waals surface area contributed by atoms with Crippen molar-refractivity contribution >= 4 is 70.1 Å². The number of fused-ring (bicyclic) bond motifs is 1. The van der Waals surface area contributed by atoms with Crippen molar-refractivity contribution in [1.29, 1.82) is 0 Å². The van der Waals surface area contributed by atoms with Gasteiger partial charge in [-0.15, -0.1) is 11.8 Å². The Morgan fingerprint density at radius 1 is 0.864 bits per heavy atom. The highest BCUT2D eigenvalue weighted by atomic mass is 35.5. The van der Waals surface area contributed by atoms with Gasteiger partial charge < -0.3 is 25.4 Å². The number of ether oxygens (including phenoxy) is 2. The van der Waals surface area contributed by atoms with E-state index in [0.29, 0.717) is 50.5 Å². The predicted molar refractivity (Wildman–Crippen MR) is 175 cm³/mol. The highest BCUT2D eigenvalue weighted by Gasteiger charge is 2.21. The Hall–Kier alpha value is -4.44. The summed E-state index contributed by atoms with van der Waals surface area (Å²) in [6.07, 6.45) is 2.05. The lowest BCUT2D eigenvalue weighted by atomic mass is 10.1. The highest BCUT2D eigenvalue weighted by molar-refractivity contribution is 8.00. The molecule has 0 fully saturated rings. The molecule has 1 aliphatic rings. The molecule has 0 aliphatic carbocycles. The van der Waals surface area contributed by atoms with Crippen molar-refractivity contribution in [1.82, 2.24) is 5.32 Å². The van der Waals surface area contributed by atoms with Crippen LogP contribution in [0.2, 0.25) is 10.0 Å². The maximum absolute atomic E-state index is 13.5. The number of halogens is 2. The molecule has 11 heteroatoms. The lowest BCUT2D eigenvalue weighted by Crippen LogP contribution is -2.30. The summed E-state index contributed by atoms with van der Waals surface area (Å²) in [6, 6.07) is 25.8. The van der Waals surface area contributed by atoms with Gasteiger partial charge in [0.25, 0.3) is 11.8 Å². The monoisotopic (exact) mass is 647 g/mol. The number of anilines is 2. The topological polar surface area (TPSA) is 106 Å². The maximum Gasteiger partial charge on any atom is 0.272 e. The molecule has 4 aromatic carbocycles. The zero-order valence-corrected chi connectivity index (χ0v) is 25.8. The summed E-state index contributed by atoms with van der Waals surface area (Å²) in [5, 5.41) is 8.83. The van der Waals surface area contributed by atoms with Gasteiger partial charge in [-0.3, -0.25) is 14.4 Å². The van der Waals surface area contributed by atoms with E-state index in [2.05, 4.69) is 16.0 Å². The number of amides is 3. The second kappa shape index (κ2) is 14.4. The van der Waals surface area contributed by atoms with Crippen LogP contribution < -0.4 is 25.4 Å². The molecule has 4 aromatic rings. The summed E-state index contributed by atoms with van der Waals surface area (Å²) in [4.78, 5) is 40.3. The molecule has 1 heterocycles. The average Bonchev–Trinajstić information content (AvgIpc) is 3.49. The second-order valence-corrected chi connectivity index (χ2v) is 11.7. The normalized spacial score (nSPS) is 12.8. The van der Waals surface area contributed by atoms with Crippen LogP contribution in [0, 0.1) is 0 Å². The first-order chi connectivity index (χ1) is 21.3. The van der Waals surface area contributed by atoms with Crippen LogP contribution in [0.25, 0.3) is 6.08 Å². The van der Waals surface area contributed by atoms with E-state index in [4.69, 9.17) is 32.7 Å². The molecule has 8 nitrogen and oxygen atoms in total. The molecule has 5 rings (SSSR count). The minimum atomic E-state index is -0.560. The van der Waals surface area contributed by atoms with E-state index >= 15 is 0 Å².